The lowest BCUT2D eigenvalue weighted by Crippen LogP contribution is -2.43. The second-order valence-electron chi connectivity index (χ2n) is 4.27. The van der Waals surface area contributed by atoms with E-state index in [9.17, 15) is 18.0 Å². The summed E-state index contributed by atoms with van der Waals surface area (Å²) in [5.41, 5.74) is 0. The Bertz CT molecular complexity index is 229. The predicted octanol–water partition coefficient (Wildman–Crippen LogP) is 2.24. The van der Waals surface area contributed by atoms with Crippen LogP contribution in [0.4, 0.5) is 13.2 Å². The first-order chi connectivity index (χ1) is 6.82. The number of rotatable bonds is 2. The van der Waals surface area contributed by atoms with Crippen LogP contribution in [-0.2, 0) is 4.79 Å². The van der Waals surface area contributed by atoms with Gasteiger partial charge >= 0.3 is 6.18 Å². The topological polar surface area (TPSA) is 20.3 Å². The minimum atomic E-state index is -4.66. The first-order valence-corrected chi connectivity index (χ1v) is 5.17. The van der Waals surface area contributed by atoms with Crippen molar-refractivity contribution in [2.75, 3.05) is 13.1 Å². The van der Waals surface area contributed by atoms with Crippen LogP contribution in [0.25, 0.3) is 0 Å². The van der Waals surface area contributed by atoms with Gasteiger partial charge in [0.15, 0.2) is 0 Å². The highest BCUT2D eigenvalue weighted by molar-refractivity contribution is 5.86. The number of halogens is 3. The molecule has 1 heterocycles. The molecule has 0 aliphatic carbocycles. The van der Waals surface area contributed by atoms with E-state index in [-0.39, 0.29) is 0 Å². The Morgan fingerprint density at radius 3 is 2.07 bits per heavy atom. The molecule has 0 N–H and O–H groups in total. The average Bonchev–Trinajstić information content (AvgIpc) is 2.15. The summed E-state index contributed by atoms with van der Waals surface area (Å²) in [5.74, 6) is -2.37. The average molecular weight is 223 g/mol. The Balaban J connectivity index is 2.48. The van der Waals surface area contributed by atoms with Crippen molar-refractivity contribution in [3.8, 4) is 0 Å². The number of nitrogens with zero attached hydrogens (tertiary/aromatic N) is 1. The zero-order valence-electron chi connectivity index (χ0n) is 8.97. The van der Waals surface area contributed by atoms with Gasteiger partial charge in [0.1, 0.15) is 0 Å². The zero-order valence-corrected chi connectivity index (χ0v) is 8.97. The van der Waals surface area contributed by atoms with Crippen LogP contribution >= 0.6 is 0 Å². The Labute approximate surface area is 87.4 Å². The van der Waals surface area contributed by atoms with Crippen molar-refractivity contribution >= 4 is 5.78 Å². The van der Waals surface area contributed by atoms with Crippen LogP contribution in [0, 0.1) is 5.92 Å². The SMILES string of the molecule is CC(C)N1CCC(C(=O)C(F)(F)F)CC1. The Morgan fingerprint density at radius 1 is 1.27 bits per heavy atom. The van der Waals surface area contributed by atoms with Gasteiger partial charge in [-0.25, -0.2) is 0 Å². The maximum absolute atomic E-state index is 12.1. The highest BCUT2D eigenvalue weighted by atomic mass is 19.4. The van der Waals surface area contributed by atoms with Crippen molar-refractivity contribution < 1.29 is 18.0 Å². The van der Waals surface area contributed by atoms with Crippen LogP contribution in [-0.4, -0.2) is 36.0 Å². The van der Waals surface area contributed by atoms with Crippen molar-refractivity contribution in [1.29, 1.82) is 0 Å². The van der Waals surface area contributed by atoms with Gasteiger partial charge in [-0.2, -0.15) is 13.2 Å². The third kappa shape index (κ3) is 3.19. The fourth-order valence-electron chi connectivity index (χ4n) is 1.91. The molecule has 15 heavy (non-hydrogen) atoms. The molecule has 0 aromatic heterocycles. The maximum Gasteiger partial charge on any atom is 0.450 e. The van der Waals surface area contributed by atoms with E-state index in [0.29, 0.717) is 32.0 Å². The molecule has 5 heteroatoms. The number of likely N-dealkylation sites (tertiary alicyclic amines) is 1. The van der Waals surface area contributed by atoms with E-state index >= 15 is 0 Å². The first kappa shape index (κ1) is 12.5. The molecule has 0 aromatic rings. The fourth-order valence-corrected chi connectivity index (χ4v) is 1.91. The van der Waals surface area contributed by atoms with Gasteiger partial charge in [0.25, 0.3) is 0 Å². The van der Waals surface area contributed by atoms with Gasteiger partial charge in [-0.1, -0.05) is 0 Å². The molecule has 0 amide bonds. The van der Waals surface area contributed by atoms with E-state index in [1.165, 1.54) is 0 Å². The summed E-state index contributed by atoms with van der Waals surface area (Å²) in [4.78, 5) is 13.1. The van der Waals surface area contributed by atoms with Crippen LogP contribution in [0.2, 0.25) is 0 Å². The van der Waals surface area contributed by atoms with Crippen LogP contribution in [0.5, 0.6) is 0 Å². The lowest BCUT2D eigenvalue weighted by Gasteiger charge is -2.34. The molecule has 0 aromatic carbocycles. The lowest BCUT2D eigenvalue weighted by atomic mass is 9.91. The highest BCUT2D eigenvalue weighted by Gasteiger charge is 2.43. The normalized spacial score (nSPS) is 20.9. The summed E-state index contributed by atoms with van der Waals surface area (Å²) in [6, 6.07) is 0.340. The Kier molecular flexibility index (Phi) is 3.76. The Hall–Kier alpha value is -0.580. The summed E-state index contributed by atoms with van der Waals surface area (Å²) in [6.45, 7) is 5.19. The van der Waals surface area contributed by atoms with Crippen molar-refractivity contribution in [2.45, 2.75) is 38.9 Å². The van der Waals surface area contributed by atoms with E-state index in [0.717, 1.165) is 0 Å². The van der Waals surface area contributed by atoms with E-state index in [2.05, 4.69) is 4.90 Å². The molecule has 0 saturated carbocycles. The third-order valence-corrected chi connectivity index (χ3v) is 2.91. The molecule has 0 unspecified atom stereocenters. The van der Waals surface area contributed by atoms with Gasteiger partial charge < -0.3 is 4.90 Å². The number of ketones is 1. The summed E-state index contributed by atoms with van der Waals surface area (Å²) >= 11 is 0. The van der Waals surface area contributed by atoms with Crippen LogP contribution in [0.15, 0.2) is 0 Å². The van der Waals surface area contributed by atoms with Gasteiger partial charge in [-0.3, -0.25) is 4.79 Å². The zero-order chi connectivity index (χ0) is 11.6. The van der Waals surface area contributed by atoms with Crippen LogP contribution in [0.3, 0.4) is 0 Å². The largest absolute Gasteiger partial charge is 0.450 e. The predicted molar refractivity (Wildman–Crippen MR) is 50.5 cm³/mol. The standard InChI is InChI=1S/C10H16F3NO/c1-7(2)14-5-3-8(4-6-14)9(15)10(11,12)13/h7-8H,3-6H2,1-2H3. The molecule has 0 atom stereocenters. The van der Waals surface area contributed by atoms with Gasteiger partial charge in [-0.05, 0) is 39.8 Å². The Morgan fingerprint density at radius 2 is 1.73 bits per heavy atom. The molecule has 0 bridgehead atoms. The number of Topliss-reactive ketones (excluding diaryl/α,β-unsaturated/α-hetero) is 1. The second-order valence-corrected chi connectivity index (χ2v) is 4.27. The molecule has 0 spiro atoms. The molecular weight excluding hydrogens is 207 g/mol. The minimum Gasteiger partial charge on any atom is -0.301 e. The maximum atomic E-state index is 12.1. The molecule has 2 nitrogen and oxygen atoms in total. The minimum absolute atomic E-state index is 0.330. The number of hydrogen-bond acceptors (Lipinski definition) is 2. The van der Waals surface area contributed by atoms with Crippen molar-refractivity contribution in [3.63, 3.8) is 0 Å². The lowest BCUT2D eigenvalue weighted by molar-refractivity contribution is -0.177. The molecule has 1 aliphatic rings. The van der Waals surface area contributed by atoms with Gasteiger partial charge in [-0.15, -0.1) is 0 Å². The first-order valence-electron chi connectivity index (χ1n) is 5.17. The quantitative estimate of drug-likeness (QED) is 0.715. The van der Waals surface area contributed by atoms with Crippen LogP contribution in [0.1, 0.15) is 26.7 Å². The number of piperidine rings is 1. The van der Waals surface area contributed by atoms with Crippen molar-refractivity contribution in [2.24, 2.45) is 5.92 Å². The van der Waals surface area contributed by atoms with Crippen molar-refractivity contribution in [3.05, 3.63) is 0 Å². The molecule has 88 valence electrons. The highest BCUT2D eigenvalue weighted by Crippen LogP contribution is 2.28. The molecule has 1 saturated heterocycles. The number of carbonyl (C=O) groups is 1. The van der Waals surface area contributed by atoms with E-state index in [1.807, 2.05) is 13.8 Å². The number of carbonyl (C=O) groups excluding carboxylic acids is 1. The smallest absolute Gasteiger partial charge is 0.301 e. The molecule has 1 aliphatic heterocycles. The molecule has 1 fully saturated rings. The number of alkyl halides is 3. The van der Waals surface area contributed by atoms with E-state index < -0.39 is 17.9 Å². The molecular formula is C10H16F3NO. The summed E-state index contributed by atoms with van der Waals surface area (Å²) in [7, 11) is 0. The molecule has 1 rings (SSSR count). The monoisotopic (exact) mass is 223 g/mol. The van der Waals surface area contributed by atoms with E-state index in [1.54, 1.807) is 0 Å². The number of hydrogen-bond donors (Lipinski definition) is 0. The van der Waals surface area contributed by atoms with Crippen molar-refractivity contribution in [1.82, 2.24) is 4.90 Å². The second kappa shape index (κ2) is 4.51. The van der Waals surface area contributed by atoms with E-state index in [4.69, 9.17) is 0 Å². The third-order valence-electron chi connectivity index (χ3n) is 2.91. The fraction of sp³-hybridized carbons (Fsp3) is 0.900. The van der Waals surface area contributed by atoms with Gasteiger partial charge in [0.2, 0.25) is 5.78 Å². The van der Waals surface area contributed by atoms with Gasteiger partial charge in [0, 0.05) is 12.0 Å². The summed E-state index contributed by atoms with van der Waals surface area (Å²) in [6.07, 6.45) is -4.00. The van der Waals surface area contributed by atoms with Gasteiger partial charge in [0.05, 0.1) is 0 Å². The summed E-state index contributed by atoms with van der Waals surface area (Å²) < 4.78 is 36.4. The molecule has 0 radical (unpaired) electrons. The van der Waals surface area contributed by atoms with Crippen LogP contribution < -0.4 is 0 Å². The summed E-state index contributed by atoms with van der Waals surface area (Å²) in [5, 5.41) is 0.